The summed E-state index contributed by atoms with van der Waals surface area (Å²) in [5.74, 6) is -1.31. The van der Waals surface area contributed by atoms with E-state index in [0.29, 0.717) is 33.9 Å². The van der Waals surface area contributed by atoms with Crippen molar-refractivity contribution in [3.63, 3.8) is 0 Å². The van der Waals surface area contributed by atoms with Gasteiger partial charge in [-0.05, 0) is 66.9 Å². The van der Waals surface area contributed by atoms with E-state index in [4.69, 9.17) is 23.2 Å². The Kier molecular flexibility index (Phi) is 12.2. The van der Waals surface area contributed by atoms with Gasteiger partial charge in [-0.2, -0.15) is 13.2 Å². The average molecular weight is 721 g/mol. The Bertz CT molecular complexity index is 1840. The molecule has 0 saturated heterocycles. The maximum absolute atomic E-state index is 14.5. The second-order valence-electron chi connectivity index (χ2n) is 11.1. The van der Waals surface area contributed by atoms with Crippen LogP contribution in [0.3, 0.4) is 0 Å². The number of benzene rings is 4. The molecule has 1 atom stereocenters. The number of amides is 2. The number of sulfonamides is 1. The number of hydrogen-bond acceptors (Lipinski definition) is 4. The van der Waals surface area contributed by atoms with Crippen LogP contribution in [0.2, 0.25) is 10.0 Å². The second-order valence-corrected chi connectivity index (χ2v) is 13.8. The topological polar surface area (TPSA) is 86.8 Å². The molecule has 254 valence electrons. The van der Waals surface area contributed by atoms with E-state index < -0.39 is 56.9 Å². The molecule has 0 fully saturated rings. The van der Waals surface area contributed by atoms with Crippen molar-refractivity contribution in [3.8, 4) is 0 Å². The summed E-state index contributed by atoms with van der Waals surface area (Å²) in [6, 6.07) is 22.8. The van der Waals surface area contributed by atoms with E-state index >= 15 is 0 Å². The molecule has 0 aliphatic carbocycles. The second kappa shape index (κ2) is 15.9. The molecule has 1 unspecified atom stereocenters. The van der Waals surface area contributed by atoms with Gasteiger partial charge in [0.1, 0.15) is 12.6 Å². The lowest BCUT2D eigenvalue weighted by Gasteiger charge is -2.34. The highest BCUT2D eigenvalue weighted by atomic mass is 35.5. The number of aryl methyl sites for hydroxylation is 1. The van der Waals surface area contributed by atoms with Crippen LogP contribution in [0.1, 0.15) is 35.6 Å². The minimum absolute atomic E-state index is 0.0760. The van der Waals surface area contributed by atoms with Gasteiger partial charge in [0.25, 0.3) is 10.0 Å². The number of nitrogens with one attached hydrogen (secondary N) is 1. The lowest BCUT2D eigenvalue weighted by Crippen LogP contribution is -2.53. The number of alkyl halides is 3. The molecule has 0 aliphatic rings. The quantitative estimate of drug-likeness (QED) is 0.154. The van der Waals surface area contributed by atoms with E-state index in [9.17, 15) is 31.2 Å². The lowest BCUT2D eigenvalue weighted by molar-refractivity contribution is -0.140. The van der Waals surface area contributed by atoms with Gasteiger partial charge in [0, 0.05) is 24.5 Å². The molecule has 48 heavy (non-hydrogen) atoms. The molecule has 4 aromatic rings. The van der Waals surface area contributed by atoms with E-state index in [1.54, 1.807) is 61.5 Å². The van der Waals surface area contributed by atoms with Crippen LogP contribution >= 0.6 is 23.2 Å². The lowest BCUT2D eigenvalue weighted by atomic mass is 10.0. The number of nitrogens with zero attached hydrogens (tertiary/aromatic N) is 2. The molecule has 0 heterocycles. The third-order valence-electron chi connectivity index (χ3n) is 7.49. The fraction of sp³-hybridized carbons (Fsp3) is 0.257. The van der Waals surface area contributed by atoms with Crippen LogP contribution in [-0.4, -0.2) is 44.3 Å². The van der Waals surface area contributed by atoms with Crippen molar-refractivity contribution in [2.45, 2.75) is 50.3 Å². The number of halogens is 5. The minimum atomic E-state index is -4.91. The van der Waals surface area contributed by atoms with Crippen molar-refractivity contribution >= 4 is 50.7 Å². The monoisotopic (exact) mass is 719 g/mol. The Hall–Kier alpha value is -4.06. The summed E-state index contributed by atoms with van der Waals surface area (Å²) >= 11 is 12.1. The highest BCUT2D eigenvalue weighted by Gasteiger charge is 2.37. The smallest absolute Gasteiger partial charge is 0.354 e. The van der Waals surface area contributed by atoms with Gasteiger partial charge >= 0.3 is 6.18 Å². The molecular weight excluding hydrogens is 686 g/mol. The normalized spacial score (nSPS) is 12.3. The van der Waals surface area contributed by atoms with Crippen LogP contribution in [0, 0.1) is 6.92 Å². The first kappa shape index (κ1) is 36.8. The molecule has 1 N–H and O–H groups in total. The third-order valence-corrected chi connectivity index (χ3v) is 9.85. The molecule has 0 saturated carbocycles. The summed E-state index contributed by atoms with van der Waals surface area (Å²) in [5.41, 5.74) is 0.330. The van der Waals surface area contributed by atoms with Crippen LogP contribution in [0.5, 0.6) is 0 Å². The number of carbonyl (C=O) groups is 2. The van der Waals surface area contributed by atoms with Crippen LogP contribution in [0.25, 0.3) is 0 Å². The molecule has 0 bridgehead atoms. The minimum Gasteiger partial charge on any atom is -0.354 e. The SMILES string of the molecule is CCCNC(=O)C(Cc1ccccc1)N(Cc1cccc(Cl)c1)C(=O)CN(c1ccc(Cl)c(C(F)(F)F)c1)S(=O)(=O)c1ccc(C)cc1. The first-order valence-electron chi connectivity index (χ1n) is 15.0. The Morgan fingerprint density at radius 1 is 0.875 bits per heavy atom. The zero-order valence-corrected chi connectivity index (χ0v) is 28.5. The molecule has 0 spiro atoms. The maximum atomic E-state index is 14.5. The highest BCUT2D eigenvalue weighted by Crippen LogP contribution is 2.38. The van der Waals surface area contributed by atoms with Gasteiger partial charge in [0.15, 0.2) is 0 Å². The first-order chi connectivity index (χ1) is 22.7. The molecule has 0 aromatic heterocycles. The standard InChI is InChI=1S/C35H34Cl2F3N3O4S/c1-3-18-41-34(45)32(20-25-8-5-4-6-9-25)42(22-26-10-7-11-27(36)19-26)33(44)23-43(48(46,47)29-15-12-24(2)13-16-29)28-14-17-31(37)30(21-28)35(38,39)40/h4-17,19,21,32H,3,18,20,22-23H2,1-2H3,(H,41,45). The van der Waals surface area contributed by atoms with Gasteiger partial charge < -0.3 is 10.2 Å². The van der Waals surface area contributed by atoms with Crippen molar-refractivity contribution < 1.29 is 31.2 Å². The summed E-state index contributed by atoms with van der Waals surface area (Å²) in [6.07, 6.45) is -4.22. The first-order valence-corrected chi connectivity index (χ1v) is 17.2. The number of anilines is 1. The van der Waals surface area contributed by atoms with E-state index in [-0.39, 0.29) is 17.9 Å². The Morgan fingerprint density at radius 2 is 1.54 bits per heavy atom. The van der Waals surface area contributed by atoms with E-state index in [0.717, 1.165) is 23.3 Å². The van der Waals surface area contributed by atoms with Crippen molar-refractivity contribution in [3.05, 3.63) is 129 Å². The van der Waals surface area contributed by atoms with Crippen LogP contribution in [0.4, 0.5) is 18.9 Å². The summed E-state index contributed by atoms with van der Waals surface area (Å²) in [6.45, 7) is 2.86. The molecule has 7 nitrogen and oxygen atoms in total. The third kappa shape index (κ3) is 9.30. The van der Waals surface area contributed by atoms with Crippen LogP contribution < -0.4 is 9.62 Å². The summed E-state index contributed by atoms with van der Waals surface area (Å²) in [5, 5.41) is 2.57. The van der Waals surface area contributed by atoms with E-state index in [1.165, 1.54) is 29.2 Å². The van der Waals surface area contributed by atoms with Crippen molar-refractivity contribution in [1.82, 2.24) is 10.2 Å². The Balaban J connectivity index is 1.86. The number of hydrogen-bond donors (Lipinski definition) is 1. The Morgan fingerprint density at radius 3 is 2.17 bits per heavy atom. The van der Waals surface area contributed by atoms with Crippen molar-refractivity contribution in [2.24, 2.45) is 0 Å². The van der Waals surface area contributed by atoms with Gasteiger partial charge in [0.05, 0.1) is 21.2 Å². The number of carbonyl (C=O) groups excluding carboxylic acids is 2. The Labute approximate surface area is 288 Å². The molecule has 13 heteroatoms. The zero-order valence-electron chi connectivity index (χ0n) is 26.2. The number of rotatable bonds is 13. The van der Waals surface area contributed by atoms with Crippen LogP contribution in [0.15, 0.2) is 102 Å². The molecule has 0 aliphatic heterocycles. The van der Waals surface area contributed by atoms with Gasteiger partial charge in [-0.15, -0.1) is 0 Å². The average Bonchev–Trinajstić information content (AvgIpc) is 3.04. The van der Waals surface area contributed by atoms with E-state index in [2.05, 4.69) is 5.32 Å². The van der Waals surface area contributed by atoms with Crippen molar-refractivity contribution in [2.75, 3.05) is 17.4 Å². The molecular formula is C35H34Cl2F3N3O4S. The molecule has 4 aromatic carbocycles. The summed E-state index contributed by atoms with van der Waals surface area (Å²) in [7, 11) is -4.62. The highest BCUT2D eigenvalue weighted by molar-refractivity contribution is 7.92. The predicted molar refractivity (Wildman–Crippen MR) is 181 cm³/mol. The molecule has 2 amide bonds. The van der Waals surface area contributed by atoms with Gasteiger partial charge in [-0.1, -0.05) is 90.3 Å². The maximum Gasteiger partial charge on any atom is 0.417 e. The fourth-order valence-corrected chi connectivity index (χ4v) is 6.85. The van der Waals surface area contributed by atoms with Gasteiger partial charge in [0.2, 0.25) is 11.8 Å². The largest absolute Gasteiger partial charge is 0.417 e. The van der Waals surface area contributed by atoms with Crippen molar-refractivity contribution in [1.29, 1.82) is 0 Å². The molecule has 4 rings (SSSR count). The van der Waals surface area contributed by atoms with Crippen LogP contribution in [-0.2, 0) is 38.8 Å². The zero-order chi connectivity index (χ0) is 35.1. The predicted octanol–water partition coefficient (Wildman–Crippen LogP) is 7.68. The van der Waals surface area contributed by atoms with E-state index in [1.807, 2.05) is 6.92 Å². The summed E-state index contributed by atoms with van der Waals surface area (Å²) in [4.78, 5) is 29.2. The van der Waals surface area contributed by atoms with Gasteiger partial charge in [-0.25, -0.2) is 8.42 Å². The fourth-order valence-electron chi connectivity index (χ4n) is 5.00. The summed E-state index contributed by atoms with van der Waals surface area (Å²) < 4.78 is 70.7. The molecule has 0 radical (unpaired) electrons. The van der Waals surface area contributed by atoms with Gasteiger partial charge in [-0.3, -0.25) is 13.9 Å².